The van der Waals surface area contributed by atoms with Gasteiger partial charge in [0, 0.05) is 12.5 Å². The molecule has 0 radical (unpaired) electrons. The molecular formula is C13H23F3N2O. The third-order valence-corrected chi connectivity index (χ3v) is 3.72. The summed E-state index contributed by atoms with van der Waals surface area (Å²) < 4.78 is 37.7. The fourth-order valence-corrected chi connectivity index (χ4v) is 2.12. The zero-order valence-corrected chi connectivity index (χ0v) is 11.5. The number of hydrogen-bond donors (Lipinski definition) is 1. The van der Waals surface area contributed by atoms with Gasteiger partial charge < -0.3 is 10.6 Å². The lowest BCUT2D eigenvalue weighted by Gasteiger charge is -2.30. The van der Waals surface area contributed by atoms with Crippen LogP contribution in [0.15, 0.2) is 0 Å². The smallest absolute Gasteiger partial charge is 0.331 e. The molecule has 0 aromatic rings. The van der Waals surface area contributed by atoms with Gasteiger partial charge in [-0.2, -0.15) is 13.2 Å². The number of halogens is 3. The third kappa shape index (κ3) is 5.80. The molecule has 2 atom stereocenters. The summed E-state index contributed by atoms with van der Waals surface area (Å²) in [5, 5.41) is 0. The van der Waals surface area contributed by atoms with E-state index in [-0.39, 0.29) is 24.3 Å². The minimum Gasteiger partial charge on any atom is -0.331 e. The standard InChI is InChI=1S/C13H23F3N2O/c1-9(7-17)3-6-12(19)18(8-13(14,15)16)10(2)11-4-5-11/h9-11H,3-8,17H2,1-2H3. The number of nitrogens with zero attached hydrogens (tertiary/aromatic N) is 1. The fourth-order valence-electron chi connectivity index (χ4n) is 2.12. The quantitative estimate of drug-likeness (QED) is 0.779. The highest BCUT2D eigenvalue weighted by Gasteiger charge is 2.40. The van der Waals surface area contributed by atoms with Gasteiger partial charge in [0.25, 0.3) is 0 Å². The van der Waals surface area contributed by atoms with Gasteiger partial charge >= 0.3 is 6.18 Å². The Balaban J connectivity index is 2.58. The number of nitrogens with two attached hydrogens (primary N) is 1. The Hall–Kier alpha value is -0.780. The van der Waals surface area contributed by atoms with E-state index in [1.807, 2.05) is 6.92 Å². The molecule has 0 aliphatic heterocycles. The second-order valence-corrected chi connectivity index (χ2v) is 5.59. The summed E-state index contributed by atoms with van der Waals surface area (Å²) in [6, 6.07) is -0.317. The SMILES string of the molecule is CC(CN)CCC(=O)N(CC(F)(F)F)C(C)C1CC1. The second-order valence-electron chi connectivity index (χ2n) is 5.59. The zero-order chi connectivity index (χ0) is 14.6. The van der Waals surface area contributed by atoms with E-state index in [0.717, 1.165) is 17.7 Å². The van der Waals surface area contributed by atoms with Gasteiger partial charge in [-0.05, 0) is 44.6 Å². The number of alkyl halides is 3. The third-order valence-electron chi connectivity index (χ3n) is 3.72. The van der Waals surface area contributed by atoms with Gasteiger partial charge in [-0.1, -0.05) is 6.92 Å². The molecule has 3 nitrogen and oxygen atoms in total. The molecule has 0 bridgehead atoms. The van der Waals surface area contributed by atoms with Crippen LogP contribution in [-0.4, -0.2) is 36.1 Å². The molecule has 0 saturated heterocycles. The van der Waals surface area contributed by atoms with Gasteiger partial charge in [0.1, 0.15) is 6.54 Å². The van der Waals surface area contributed by atoms with E-state index in [2.05, 4.69) is 0 Å². The van der Waals surface area contributed by atoms with E-state index in [1.165, 1.54) is 0 Å². The van der Waals surface area contributed by atoms with Crippen LogP contribution >= 0.6 is 0 Å². The van der Waals surface area contributed by atoms with Crippen molar-refractivity contribution in [1.29, 1.82) is 0 Å². The predicted molar refractivity (Wildman–Crippen MR) is 67.4 cm³/mol. The van der Waals surface area contributed by atoms with Crippen molar-refractivity contribution < 1.29 is 18.0 Å². The molecule has 6 heteroatoms. The Bertz CT molecular complexity index is 303. The minimum atomic E-state index is -4.34. The molecule has 2 N–H and O–H groups in total. The van der Waals surface area contributed by atoms with Crippen LogP contribution in [0.1, 0.15) is 39.5 Å². The van der Waals surface area contributed by atoms with Gasteiger partial charge in [-0.3, -0.25) is 4.79 Å². The molecule has 0 spiro atoms. The average Bonchev–Trinajstić information content (AvgIpc) is 3.14. The number of carbonyl (C=O) groups excluding carboxylic acids is 1. The van der Waals surface area contributed by atoms with Crippen LogP contribution in [0.5, 0.6) is 0 Å². The van der Waals surface area contributed by atoms with E-state index in [0.29, 0.717) is 13.0 Å². The van der Waals surface area contributed by atoms with Crippen LogP contribution in [0, 0.1) is 11.8 Å². The van der Waals surface area contributed by atoms with E-state index >= 15 is 0 Å². The highest BCUT2D eigenvalue weighted by Crippen LogP contribution is 2.36. The van der Waals surface area contributed by atoms with Crippen LogP contribution in [0.4, 0.5) is 13.2 Å². The Morgan fingerprint density at radius 2 is 1.95 bits per heavy atom. The van der Waals surface area contributed by atoms with Gasteiger partial charge in [0.05, 0.1) is 0 Å². The molecule has 0 aromatic heterocycles. The summed E-state index contributed by atoms with van der Waals surface area (Å²) in [4.78, 5) is 13.0. The van der Waals surface area contributed by atoms with E-state index < -0.39 is 18.6 Å². The van der Waals surface area contributed by atoms with Crippen LogP contribution < -0.4 is 5.73 Å². The molecule has 1 fully saturated rings. The Morgan fingerprint density at radius 1 is 1.37 bits per heavy atom. The minimum absolute atomic E-state index is 0.144. The van der Waals surface area contributed by atoms with Crippen molar-refractivity contribution in [2.45, 2.75) is 51.7 Å². The molecule has 0 aromatic carbocycles. The van der Waals surface area contributed by atoms with Crippen LogP contribution in [-0.2, 0) is 4.79 Å². The van der Waals surface area contributed by atoms with Crippen molar-refractivity contribution in [2.24, 2.45) is 17.6 Å². The van der Waals surface area contributed by atoms with Gasteiger partial charge in [0.15, 0.2) is 0 Å². The summed E-state index contributed by atoms with van der Waals surface area (Å²) in [7, 11) is 0. The molecule has 1 saturated carbocycles. The molecule has 1 aliphatic rings. The highest BCUT2D eigenvalue weighted by atomic mass is 19.4. The first-order valence-corrected chi connectivity index (χ1v) is 6.81. The fraction of sp³-hybridized carbons (Fsp3) is 0.923. The van der Waals surface area contributed by atoms with Gasteiger partial charge in [0.2, 0.25) is 5.91 Å². The van der Waals surface area contributed by atoms with Crippen LogP contribution in [0.2, 0.25) is 0 Å². The maximum atomic E-state index is 12.6. The second kappa shape index (κ2) is 6.59. The number of rotatable bonds is 7. The number of hydrogen-bond acceptors (Lipinski definition) is 2. The average molecular weight is 280 g/mol. The molecule has 2 unspecified atom stereocenters. The molecule has 1 amide bonds. The lowest BCUT2D eigenvalue weighted by atomic mass is 10.0. The summed E-state index contributed by atoms with van der Waals surface area (Å²) in [5.74, 6) is -0.0109. The van der Waals surface area contributed by atoms with Crippen LogP contribution in [0.25, 0.3) is 0 Å². The summed E-state index contributed by atoms with van der Waals surface area (Å²) >= 11 is 0. The topological polar surface area (TPSA) is 46.3 Å². The van der Waals surface area contributed by atoms with Crippen molar-refractivity contribution in [1.82, 2.24) is 4.90 Å². The molecule has 1 rings (SSSR count). The van der Waals surface area contributed by atoms with Crippen molar-refractivity contribution in [3.8, 4) is 0 Å². The summed E-state index contributed by atoms with van der Waals surface area (Å²) in [6.07, 6.45) is -1.81. The van der Waals surface area contributed by atoms with E-state index in [1.54, 1.807) is 6.92 Å². The lowest BCUT2D eigenvalue weighted by molar-refractivity contribution is -0.166. The lowest BCUT2D eigenvalue weighted by Crippen LogP contribution is -2.45. The van der Waals surface area contributed by atoms with Gasteiger partial charge in [-0.15, -0.1) is 0 Å². The number of amides is 1. The highest BCUT2D eigenvalue weighted by molar-refractivity contribution is 5.76. The zero-order valence-electron chi connectivity index (χ0n) is 11.5. The normalized spacial score (nSPS) is 19.1. The van der Waals surface area contributed by atoms with Crippen molar-refractivity contribution in [3.05, 3.63) is 0 Å². The maximum absolute atomic E-state index is 12.6. The molecule has 0 heterocycles. The first-order chi connectivity index (χ1) is 8.74. The molecule has 19 heavy (non-hydrogen) atoms. The Kier molecular flexibility index (Phi) is 5.64. The van der Waals surface area contributed by atoms with Gasteiger partial charge in [-0.25, -0.2) is 0 Å². The molecular weight excluding hydrogens is 257 g/mol. The monoisotopic (exact) mass is 280 g/mol. The largest absolute Gasteiger partial charge is 0.406 e. The Labute approximate surface area is 112 Å². The summed E-state index contributed by atoms with van der Waals surface area (Å²) in [5.41, 5.74) is 5.45. The molecule has 112 valence electrons. The summed E-state index contributed by atoms with van der Waals surface area (Å²) in [6.45, 7) is 2.92. The Morgan fingerprint density at radius 3 is 2.37 bits per heavy atom. The van der Waals surface area contributed by atoms with Crippen molar-refractivity contribution in [3.63, 3.8) is 0 Å². The first-order valence-electron chi connectivity index (χ1n) is 6.81. The maximum Gasteiger partial charge on any atom is 0.406 e. The molecule has 1 aliphatic carbocycles. The van der Waals surface area contributed by atoms with Crippen molar-refractivity contribution in [2.75, 3.05) is 13.1 Å². The number of carbonyl (C=O) groups is 1. The predicted octanol–water partition coefficient (Wildman–Crippen LogP) is 2.55. The van der Waals surface area contributed by atoms with E-state index in [4.69, 9.17) is 5.73 Å². The first kappa shape index (κ1) is 16.3. The van der Waals surface area contributed by atoms with Crippen molar-refractivity contribution >= 4 is 5.91 Å². The van der Waals surface area contributed by atoms with Crippen LogP contribution in [0.3, 0.4) is 0 Å². The van der Waals surface area contributed by atoms with E-state index in [9.17, 15) is 18.0 Å².